The Labute approximate surface area is 213 Å². The van der Waals surface area contributed by atoms with Gasteiger partial charge in [-0.3, -0.25) is 14.9 Å². The van der Waals surface area contributed by atoms with E-state index in [0.717, 1.165) is 20.6 Å². The largest absolute Gasteiger partial charge is 0.488 e. The van der Waals surface area contributed by atoms with Crippen LogP contribution in [0.1, 0.15) is 21.7 Å². The van der Waals surface area contributed by atoms with Crippen molar-refractivity contribution in [3.05, 3.63) is 116 Å². The number of fused-ring (bicyclic) bond motifs is 2. The SMILES string of the molecule is O=C(N/N=C/c1c(OCc2cccc([N+](=O)[O-])c2)ccc2ccccc12)c1cc2cc(Br)ccc2o1. The van der Waals surface area contributed by atoms with Crippen molar-refractivity contribution in [1.29, 1.82) is 0 Å². The van der Waals surface area contributed by atoms with Gasteiger partial charge in [0.2, 0.25) is 0 Å². The second-order valence-corrected chi connectivity index (χ2v) is 8.82. The van der Waals surface area contributed by atoms with Crippen LogP contribution in [0.25, 0.3) is 21.7 Å². The standard InChI is InChI=1S/C27H18BrN3O5/c28-20-9-11-24-19(13-20)14-26(36-24)27(32)30-29-15-23-22-7-2-1-5-18(22)8-10-25(23)35-16-17-4-3-6-21(12-17)31(33)34/h1-15H,16H2,(H,30,32)/b29-15+. The summed E-state index contributed by atoms with van der Waals surface area (Å²) in [4.78, 5) is 23.2. The first-order valence-electron chi connectivity index (χ1n) is 10.9. The zero-order valence-corrected chi connectivity index (χ0v) is 20.3. The van der Waals surface area contributed by atoms with Crippen LogP contribution in [0, 0.1) is 10.1 Å². The van der Waals surface area contributed by atoms with Crippen molar-refractivity contribution in [1.82, 2.24) is 5.43 Å². The fourth-order valence-electron chi connectivity index (χ4n) is 3.79. The van der Waals surface area contributed by atoms with Gasteiger partial charge in [0.1, 0.15) is 17.9 Å². The van der Waals surface area contributed by atoms with Crippen LogP contribution < -0.4 is 10.2 Å². The lowest BCUT2D eigenvalue weighted by Gasteiger charge is -2.12. The summed E-state index contributed by atoms with van der Waals surface area (Å²) in [6, 6.07) is 24.8. The number of halogens is 1. The Balaban J connectivity index is 1.39. The Kier molecular flexibility index (Phi) is 6.46. The maximum absolute atomic E-state index is 12.6. The zero-order chi connectivity index (χ0) is 25.1. The van der Waals surface area contributed by atoms with Crippen molar-refractivity contribution in [2.24, 2.45) is 5.10 Å². The van der Waals surface area contributed by atoms with Gasteiger partial charge in [-0.1, -0.05) is 58.4 Å². The minimum Gasteiger partial charge on any atom is -0.488 e. The van der Waals surface area contributed by atoms with Crippen molar-refractivity contribution in [3.63, 3.8) is 0 Å². The highest BCUT2D eigenvalue weighted by Gasteiger charge is 2.13. The summed E-state index contributed by atoms with van der Waals surface area (Å²) >= 11 is 3.40. The fourth-order valence-corrected chi connectivity index (χ4v) is 4.17. The number of furan rings is 1. The molecular formula is C27H18BrN3O5. The van der Waals surface area contributed by atoms with Crippen molar-refractivity contribution < 1.29 is 18.9 Å². The molecule has 0 fully saturated rings. The highest BCUT2D eigenvalue weighted by molar-refractivity contribution is 9.10. The Bertz CT molecular complexity index is 1640. The van der Waals surface area contributed by atoms with Crippen LogP contribution in [0.15, 0.2) is 98.9 Å². The molecule has 0 unspecified atom stereocenters. The number of hydrogen-bond donors (Lipinski definition) is 1. The molecule has 5 aromatic rings. The number of benzene rings is 4. The van der Waals surface area contributed by atoms with Crippen molar-refractivity contribution in [3.8, 4) is 5.75 Å². The van der Waals surface area contributed by atoms with Gasteiger partial charge in [0, 0.05) is 27.6 Å². The third kappa shape index (κ3) is 4.96. The van der Waals surface area contributed by atoms with Crippen molar-refractivity contribution in [2.75, 3.05) is 0 Å². The molecule has 8 nitrogen and oxygen atoms in total. The molecule has 1 N–H and O–H groups in total. The zero-order valence-electron chi connectivity index (χ0n) is 18.7. The lowest BCUT2D eigenvalue weighted by atomic mass is 10.0. The fraction of sp³-hybridized carbons (Fsp3) is 0.0370. The third-order valence-corrected chi connectivity index (χ3v) is 6.00. The molecule has 0 saturated heterocycles. The van der Waals surface area contributed by atoms with Crippen LogP contribution in [-0.4, -0.2) is 17.0 Å². The van der Waals surface area contributed by atoms with Crippen molar-refractivity contribution >= 4 is 55.5 Å². The van der Waals surface area contributed by atoms with E-state index in [-0.39, 0.29) is 18.1 Å². The van der Waals surface area contributed by atoms with E-state index in [0.29, 0.717) is 22.5 Å². The van der Waals surface area contributed by atoms with Gasteiger partial charge in [-0.25, -0.2) is 5.43 Å². The molecule has 0 aliphatic heterocycles. The molecule has 1 amide bonds. The summed E-state index contributed by atoms with van der Waals surface area (Å²) in [5.74, 6) is 0.171. The van der Waals surface area contributed by atoms with Gasteiger partial charge in [0.15, 0.2) is 5.76 Å². The lowest BCUT2D eigenvalue weighted by Crippen LogP contribution is -2.16. The first-order chi connectivity index (χ1) is 17.5. The molecule has 0 spiro atoms. The summed E-state index contributed by atoms with van der Waals surface area (Å²) in [5, 5.41) is 17.9. The molecule has 0 saturated carbocycles. The van der Waals surface area contributed by atoms with E-state index in [4.69, 9.17) is 9.15 Å². The summed E-state index contributed by atoms with van der Waals surface area (Å²) in [6.45, 7) is 0.127. The minimum absolute atomic E-state index is 0.00273. The van der Waals surface area contributed by atoms with E-state index in [1.807, 2.05) is 42.5 Å². The lowest BCUT2D eigenvalue weighted by molar-refractivity contribution is -0.384. The van der Waals surface area contributed by atoms with Gasteiger partial charge >= 0.3 is 5.91 Å². The number of hydrazone groups is 1. The highest BCUT2D eigenvalue weighted by Crippen LogP contribution is 2.28. The number of nitro groups is 1. The molecule has 1 aromatic heterocycles. The smallest absolute Gasteiger partial charge is 0.307 e. The molecule has 1 heterocycles. The van der Waals surface area contributed by atoms with Gasteiger partial charge < -0.3 is 9.15 Å². The topological polar surface area (TPSA) is 107 Å². The monoisotopic (exact) mass is 543 g/mol. The molecule has 0 aliphatic rings. The van der Waals surface area contributed by atoms with Gasteiger partial charge in [0.05, 0.1) is 11.1 Å². The van der Waals surface area contributed by atoms with Crippen LogP contribution >= 0.6 is 15.9 Å². The van der Waals surface area contributed by atoms with E-state index in [1.54, 1.807) is 30.3 Å². The maximum Gasteiger partial charge on any atom is 0.307 e. The highest BCUT2D eigenvalue weighted by atomic mass is 79.9. The summed E-state index contributed by atoms with van der Waals surface area (Å²) in [5.41, 5.74) is 4.41. The summed E-state index contributed by atoms with van der Waals surface area (Å²) < 4.78 is 12.5. The van der Waals surface area contributed by atoms with Gasteiger partial charge in [0.25, 0.3) is 5.69 Å². The average Bonchev–Trinajstić information content (AvgIpc) is 3.31. The summed E-state index contributed by atoms with van der Waals surface area (Å²) in [6.07, 6.45) is 1.52. The second-order valence-electron chi connectivity index (χ2n) is 7.91. The number of rotatable bonds is 7. The molecule has 0 bridgehead atoms. The third-order valence-electron chi connectivity index (χ3n) is 5.51. The first kappa shape index (κ1) is 23.3. The first-order valence-corrected chi connectivity index (χ1v) is 11.7. The molecule has 0 aliphatic carbocycles. The van der Waals surface area contributed by atoms with Crippen LogP contribution in [0.5, 0.6) is 5.75 Å². The van der Waals surface area contributed by atoms with E-state index >= 15 is 0 Å². The molecular weight excluding hydrogens is 526 g/mol. The number of nitrogens with one attached hydrogen (secondary N) is 1. The number of nitrogens with zero attached hydrogens (tertiary/aromatic N) is 2. The quantitative estimate of drug-likeness (QED) is 0.141. The predicted molar refractivity (Wildman–Crippen MR) is 140 cm³/mol. The summed E-state index contributed by atoms with van der Waals surface area (Å²) in [7, 11) is 0. The molecule has 36 heavy (non-hydrogen) atoms. The normalized spacial score (nSPS) is 11.2. The van der Waals surface area contributed by atoms with Gasteiger partial charge in [-0.05, 0) is 46.7 Å². The number of nitro benzene ring substituents is 1. The van der Waals surface area contributed by atoms with Crippen molar-refractivity contribution in [2.45, 2.75) is 6.61 Å². The molecule has 4 aromatic carbocycles. The number of amides is 1. The van der Waals surface area contributed by atoms with Crippen LogP contribution in [0.4, 0.5) is 5.69 Å². The van der Waals surface area contributed by atoms with E-state index in [9.17, 15) is 14.9 Å². The average molecular weight is 544 g/mol. The molecule has 0 radical (unpaired) electrons. The van der Waals surface area contributed by atoms with Crippen LogP contribution in [0.3, 0.4) is 0 Å². The Morgan fingerprint density at radius 2 is 1.89 bits per heavy atom. The Morgan fingerprint density at radius 3 is 2.75 bits per heavy atom. The van der Waals surface area contributed by atoms with E-state index < -0.39 is 10.8 Å². The molecule has 5 rings (SSSR count). The number of non-ortho nitro benzene ring substituents is 1. The maximum atomic E-state index is 12.6. The predicted octanol–water partition coefficient (Wildman–Crippen LogP) is 6.60. The molecule has 178 valence electrons. The van der Waals surface area contributed by atoms with Crippen LogP contribution in [-0.2, 0) is 6.61 Å². The van der Waals surface area contributed by atoms with E-state index in [2.05, 4.69) is 26.5 Å². The Morgan fingerprint density at radius 1 is 1.03 bits per heavy atom. The molecule has 0 atom stereocenters. The molecule has 9 heteroatoms. The number of carbonyl (C=O) groups excluding carboxylic acids is 1. The number of hydrogen-bond acceptors (Lipinski definition) is 6. The second kappa shape index (κ2) is 10.0. The minimum atomic E-state index is -0.488. The van der Waals surface area contributed by atoms with Gasteiger partial charge in [-0.15, -0.1) is 0 Å². The Hall–Kier alpha value is -4.50. The van der Waals surface area contributed by atoms with Gasteiger partial charge in [-0.2, -0.15) is 5.10 Å². The number of carbonyl (C=O) groups is 1. The number of ether oxygens (including phenoxy) is 1. The van der Waals surface area contributed by atoms with Crippen LogP contribution in [0.2, 0.25) is 0 Å². The van der Waals surface area contributed by atoms with E-state index in [1.165, 1.54) is 18.3 Å².